The number of imidazole rings is 1. The van der Waals surface area contributed by atoms with E-state index in [4.69, 9.17) is 4.42 Å². The molecule has 0 aliphatic carbocycles. The van der Waals surface area contributed by atoms with Gasteiger partial charge in [0.25, 0.3) is 0 Å². The Kier molecular flexibility index (Phi) is 62.8. The molecule has 0 N–H and O–H groups in total. The Bertz CT molecular complexity index is 927. The SMILES string of the molecule is CC.CC.CC.CC.CC.CC.Cc1cnco1.Cc1cncs1.Cc1cocn1.Cc1cscn1.Cc1nccs1.Cn1ccnc1. The van der Waals surface area contributed by atoms with Crippen LogP contribution in [-0.2, 0) is 7.05 Å². The first-order chi connectivity index (χ1) is 23.4. The van der Waals surface area contributed by atoms with Gasteiger partial charge in [-0.2, -0.15) is 0 Å². The molecule has 0 amide bonds. The van der Waals surface area contributed by atoms with Crippen LogP contribution in [0.25, 0.3) is 0 Å². The molecule has 276 valence electrons. The molecule has 0 unspecified atom stereocenters. The zero-order valence-corrected chi connectivity index (χ0v) is 35.6. The van der Waals surface area contributed by atoms with Gasteiger partial charge in [-0.1, -0.05) is 83.1 Å². The minimum atomic E-state index is 0.856. The molecule has 48 heavy (non-hydrogen) atoms. The Labute approximate surface area is 306 Å². The summed E-state index contributed by atoms with van der Waals surface area (Å²) in [6, 6.07) is 0. The van der Waals surface area contributed by atoms with Crippen LogP contribution < -0.4 is 0 Å². The minimum absolute atomic E-state index is 0.856. The van der Waals surface area contributed by atoms with Gasteiger partial charge in [-0.3, -0.25) is 15.0 Å². The molecule has 6 aromatic heterocycles. The van der Waals surface area contributed by atoms with Gasteiger partial charge in [0.15, 0.2) is 12.8 Å². The number of aryl methyl sites for hydroxylation is 6. The highest BCUT2D eigenvalue weighted by Gasteiger charge is 1.79. The van der Waals surface area contributed by atoms with Crippen LogP contribution in [0.2, 0.25) is 0 Å². The molecule has 0 saturated carbocycles. The Morgan fingerprint density at radius 2 is 1.25 bits per heavy atom. The summed E-state index contributed by atoms with van der Waals surface area (Å²) in [5.74, 6) is 0.856. The highest BCUT2D eigenvalue weighted by Crippen LogP contribution is 2.00. The standard InChI is InChI=1S/C4H6N2.2C4H5NO.3C4H5NS.6C2H6/c1-6-3-2-5-4-6;1-4-2-6-3-5-4;1-4-2-5-3-6-4;1-4-2-6-3-5-4;1-4-2-5-3-6-4;1-4-5-2-3-6-4;6*1-2/h2-4H,1H3;5*2-3H,1H3;6*1-2H3. The lowest BCUT2D eigenvalue weighted by molar-refractivity contribution is 0.527. The van der Waals surface area contributed by atoms with E-state index in [9.17, 15) is 0 Å². The van der Waals surface area contributed by atoms with Crippen LogP contribution in [0.4, 0.5) is 0 Å². The van der Waals surface area contributed by atoms with Crippen molar-refractivity contribution in [1.29, 1.82) is 0 Å². The highest BCUT2D eigenvalue weighted by atomic mass is 32.1. The molecule has 6 heterocycles. The Hall–Kier alpha value is -3.48. The van der Waals surface area contributed by atoms with Crippen LogP contribution in [-0.4, -0.2) is 34.5 Å². The van der Waals surface area contributed by atoms with Crippen LogP contribution in [0, 0.1) is 34.6 Å². The summed E-state index contributed by atoms with van der Waals surface area (Å²) in [6.07, 6.45) is 15.1. The maximum Gasteiger partial charge on any atom is 0.180 e. The van der Waals surface area contributed by atoms with Gasteiger partial charge in [-0.25, -0.2) is 15.0 Å². The average Bonchev–Trinajstić information content (AvgIpc) is 3.99. The largest absolute Gasteiger partial charge is 0.452 e. The van der Waals surface area contributed by atoms with E-state index < -0.39 is 0 Å². The van der Waals surface area contributed by atoms with Crippen molar-refractivity contribution in [2.75, 3.05) is 0 Å². The molecule has 6 aromatic rings. The van der Waals surface area contributed by atoms with E-state index in [1.807, 2.05) is 163 Å². The zero-order valence-electron chi connectivity index (χ0n) is 33.2. The lowest BCUT2D eigenvalue weighted by Crippen LogP contribution is -1.76. The fourth-order valence-electron chi connectivity index (χ4n) is 1.73. The molecule has 0 aliphatic heterocycles. The molecule has 6 rings (SSSR count). The van der Waals surface area contributed by atoms with Crippen LogP contribution in [0.5, 0.6) is 0 Å². The number of hydrogen-bond acceptors (Lipinski definition) is 11. The van der Waals surface area contributed by atoms with E-state index in [1.165, 1.54) is 17.7 Å². The van der Waals surface area contributed by atoms with Gasteiger partial charge in [0.1, 0.15) is 12.0 Å². The van der Waals surface area contributed by atoms with Gasteiger partial charge in [0.05, 0.1) is 34.2 Å². The summed E-state index contributed by atoms with van der Waals surface area (Å²) in [4.78, 5) is 24.2. The van der Waals surface area contributed by atoms with Crippen molar-refractivity contribution in [3.05, 3.63) is 105 Å². The Balaban J connectivity index is -0.000000104. The van der Waals surface area contributed by atoms with Crippen molar-refractivity contribution in [2.45, 2.75) is 118 Å². The maximum atomic E-state index is 4.72. The van der Waals surface area contributed by atoms with E-state index in [0.29, 0.717) is 0 Å². The van der Waals surface area contributed by atoms with Crippen molar-refractivity contribution in [3.63, 3.8) is 0 Å². The van der Waals surface area contributed by atoms with Gasteiger partial charge >= 0.3 is 0 Å². The van der Waals surface area contributed by atoms with Crippen LogP contribution in [0.15, 0.2) is 87.0 Å². The van der Waals surface area contributed by atoms with Crippen molar-refractivity contribution in [2.24, 2.45) is 7.05 Å². The fourth-order valence-corrected chi connectivity index (χ4v) is 3.12. The molecular weight excluding hydrogens is 659 g/mol. The molecule has 9 nitrogen and oxygen atoms in total. The summed E-state index contributed by atoms with van der Waals surface area (Å²) in [5, 5.41) is 5.12. The third-order valence-corrected chi connectivity index (χ3v) is 5.53. The second kappa shape index (κ2) is 53.0. The van der Waals surface area contributed by atoms with Crippen LogP contribution in [0.3, 0.4) is 0 Å². The van der Waals surface area contributed by atoms with Crippen LogP contribution in [0.1, 0.15) is 110 Å². The lowest BCUT2D eigenvalue weighted by atomic mass is 10.6. The Morgan fingerprint density at radius 1 is 0.625 bits per heavy atom. The van der Waals surface area contributed by atoms with Crippen molar-refractivity contribution < 1.29 is 8.83 Å². The monoisotopic (exact) mass is 725 g/mol. The van der Waals surface area contributed by atoms with Gasteiger partial charge in [-0.05, 0) is 34.6 Å². The first-order valence-electron chi connectivity index (χ1n) is 16.5. The van der Waals surface area contributed by atoms with E-state index in [1.54, 1.807) is 65.2 Å². The number of hydrogen-bond donors (Lipinski definition) is 0. The quantitative estimate of drug-likeness (QED) is 0.152. The van der Waals surface area contributed by atoms with E-state index in [0.717, 1.165) is 22.2 Å². The molecular formula is C36H67N7O2S3. The third-order valence-electron chi connectivity index (χ3n) is 3.42. The van der Waals surface area contributed by atoms with Crippen molar-refractivity contribution >= 4 is 34.0 Å². The Morgan fingerprint density at radius 3 is 1.38 bits per heavy atom. The van der Waals surface area contributed by atoms with Crippen molar-refractivity contribution in [3.8, 4) is 0 Å². The highest BCUT2D eigenvalue weighted by molar-refractivity contribution is 7.09. The molecule has 0 atom stereocenters. The molecule has 0 radical (unpaired) electrons. The topological polar surface area (TPSA) is 109 Å². The predicted molar refractivity (Wildman–Crippen MR) is 214 cm³/mol. The molecule has 0 spiro atoms. The number of oxazole rings is 2. The van der Waals surface area contributed by atoms with Gasteiger partial charge < -0.3 is 13.4 Å². The summed E-state index contributed by atoms with van der Waals surface area (Å²) in [5.41, 5.74) is 5.69. The number of nitrogens with zero attached hydrogens (tertiary/aromatic N) is 7. The normalized spacial score (nSPS) is 7.38. The second-order valence-electron chi connectivity index (χ2n) is 6.76. The number of aromatic nitrogens is 7. The summed E-state index contributed by atoms with van der Waals surface area (Å²) in [7, 11) is 1.94. The van der Waals surface area contributed by atoms with Gasteiger partial charge in [0.2, 0.25) is 0 Å². The summed E-state index contributed by atoms with van der Waals surface area (Å²) < 4.78 is 11.2. The van der Waals surface area contributed by atoms with Gasteiger partial charge in [-0.15, -0.1) is 34.0 Å². The average molecular weight is 726 g/mol. The fraction of sp³-hybridized carbons (Fsp3) is 0.500. The molecule has 0 bridgehead atoms. The van der Waals surface area contributed by atoms with E-state index in [2.05, 4.69) is 34.3 Å². The molecule has 12 heteroatoms. The van der Waals surface area contributed by atoms with Crippen molar-refractivity contribution in [1.82, 2.24) is 34.5 Å². The first kappa shape index (κ1) is 56.8. The van der Waals surface area contributed by atoms with Crippen LogP contribution >= 0.6 is 34.0 Å². The number of thiazole rings is 3. The molecule has 0 fully saturated rings. The van der Waals surface area contributed by atoms with E-state index >= 15 is 0 Å². The molecule has 0 saturated heterocycles. The van der Waals surface area contributed by atoms with Gasteiger partial charge in [0, 0.05) is 53.2 Å². The first-order valence-corrected chi connectivity index (χ1v) is 19.2. The minimum Gasteiger partial charge on any atom is -0.452 e. The summed E-state index contributed by atoms with van der Waals surface area (Å²) in [6.45, 7) is 33.7. The zero-order chi connectivity index (χ0) is 38.4. The summed E-state index contributed by atoms with van der Waals surface area (Å²) >= 11 is 4.96. The van der Waals surface area contributed by atoms with E-state index in [-0.39, 0.29) is 0 Å². The maximum absolute atomic E-state index is 4.72. The predicted octanol–water partition coefficient (Wildman–Crippen LogP) is 12.9. The molecule has 0 aliphatic rings. The smallest absolute Gasteiger partial charge is 0.180 e. The lowest BCUT2D eigenvalue weighted by Gasteiger charge is -1.76. The second-order valence-corrected chi connectivity index (χ2v) is 9.67. The number of rotatable bonds is 0. The molecule has 0 aromatic carbocycles. The third kappa shape index (κ3) is 49.4.